The van der Waals surface area contributed by atoms with Crippen molar-refractivity contribution in [2.45, 2.75) is 9.10 Å². The average molecular weight is 552 g/mol. The summed E-state index contributed by atoms with van der Waals surface area (Å²) < 4.78 is 65.7. The number of thiophene rings is 1. The number of amides is 1. The highest BCUT2D eigenvalue weighted by atomic mass is 32.2. The highest BCUT2D eigenvalue weighted by Crippen LogP contribution is 2.33. The van der Waals surface area contributed by atoms with Crippen LogP contribution in [-0.4, -0.2) is 67.0 Å². The predicted octanol–water partition coefficient (Wildman–Crippen LogP) is 2.61. The third-order valence-corrected chi connectivity index (χ3v) is 10.4. The summed E-state index contributed by atoms with van der Waals surface area (Å²) in [5, 5.41) is 4.26. The van der Waals surface area contributed by atoms with E-state index in [4.69, 9.17) is 9.47 Å². The summed E-state index contributed by atoms with van der Waals surface area (Å²) in [4.78, 5) is 13.1. The summed E-state index contributed by atoms with van der Waals surface area (Å²) in [5.41, 5.74) is 0.426. The predicted molar refractivity (Wildman–Crippen MR) is 136 cm³/mol. The van der Waals surface area contributed by atoms with Gasteiger partial charge in [-0.1, -0.05) is 24.3 Å². The minimum Gasteiger partial charge on any atom is -0.495 e. The minimum atomic E-state index is -4.08. The highest BCUT2D eigenvalue weighted by molar-refractivity contribution is 7.94. The summed E-state index contributed by atoms with van der Waals surface area (Å²) in [6.45, 7) is 0.558. The number of rotatable bonds is 9. The lowest BCUT2D eigenvalue weighted by Crippen LogP contribution is -2.40. The van der Waals surface area contributed by atoms with Gasteiger partial charge in [-0.25, -0.2) is 16.8 Å². The van der Waals surface area contributed by atoms with E-state index in [1.54, 1.807) is 35.7 Å². The molecule has 10 nitrogen and oxygen atoms in total. The molecule has 192 valence electrons. The second-order valence-corrected chi connectivity index (χ2v) is 12.7. The van der Waals surface area contributed by atoms with Crippen LogP contribution in [0.5, 0.6) is 5.75 Å². The Labute approximate surface area is 214 Å². The molecule has 1 fully saturated rings. The first-order chi connectivity index (χ1) is 17.2. The smallest absolute Gasteiger partial charge is 0.274 e. The molecule has 1 aliphatic heterocycles. The zero-order valence-corrected chi connectivity index (χ0v) is 21.8. The van der Waals surface area contributed by atoms with Crippen LogP contribution in [0.25, 0.3) is 0 Å². The van der Waals surface area contributed by atoms with Gasteiger partial charge in [-0.3, -0.25) is 9.10 Å². The van der Waals surface area contributed by atoms with Gasteiger partial charge < -0.3 is 14.8 Å². The standard InChI is InChI=1S/C23H25N3O7S3/c1-32-21-9-3-2-8-20(21)26(36(30,31)23-10-5-15-34-23)17-22(27)24-18-6-4-7-19(16-18)35(28,29)25-11-13-33-14-12-25/h2-10,15-16H,11-14,17H2,1H3,(H,24,27). The van der Waals surface area contributed by atoms with Crippen molar-refractivity contribution in [2.75, 3.05) is 49.6 Å². The van der Waals surface area contributed by atoms with Gasteiger partial charge in [0.05, 0.1) is 30.9 Å². The summed E-state index contributed by atoms with van der Waals surface area (Å²) in [7, 11) is -6.44. The Morgan fingerprint density at radius 2 is 1.81 bits per heavy atom. The molecule has 4 rings (SSSR count). The quantitative estimate of drug-likeness (QED) is 0.434. The Morgan fingerprint density at radius 1 is 1.06 bits per heavy atom. The number of ether oxygens (including phenoxy) is 2. The van der Waals surface area contributed by atoms with Crippen molar-refractivity contribution >= 4 is 48.7 Å². The van der Waals surface area contributed by atoms with Crippen molar-refractivity contribution in [3.8, 4) is 5.75 Å². The molecule has 0 spiro atoms. The molecule has 13 heteroatoms. The van der Waals surface area contributed by atoms with E-state index in [1.165, 1.54) is 41.7 Å². The van der Waals surface area contributed by atoms with Gasteiger partial charge in [0.25, 0.3) is 10.0 Å². The molecule has 1 aromatic heterocycles. The van der Waals surface area contributed by atoms with E-state index in [0.29, 0.717) is 13.2 Å². The van der Waals surface area contributed by atoms with Gasteiger partial charge in [0.15, 0.2) is 0 Å². The first-order valence-corrected chi connectivity index (χ1v) is 14.7. The number of anilines is 2. The van der Waals surface area contributed by atoms with Crippen molar-refractivity contribution in [3.63, 3.8) is 0 Å². The maximum absolute atomic E-state index is 13.4. The fourth-order valence-corrected chi connectivity index (χ4v) is 7.65. The van der Waals surface area contributed by atoms with Crippen molar-refractivity contribution in [1.82, 2.24) is 4.31 Å². The maximum Gasteiger partial charge on any atom is 0.274 e. The lowest BCUT2D eigenvalue weighted by atomic mass is 10.3. The molecule has 2 aromatic carbocycles. The number of hydrogen-bond acceptors (Lipinski definition) is 8. The SMILES string of the molecule is COc1ccccc1N(CC(=O)Nc1cccc(S(=O)(=O)N2CCOCC2)c1)S(=O)(=O)c1cccs1. The van der Waals surface area contributed by atoms with Crippen LogP contribution in [0.15, 0.2) is 75.1 Å². The number of para-hydroxylation sites is 2. The van der Waals surface area contributed by atoms with Crippen LogP contribution in [-0.2, 0) is 29.6 Å². The van der Waals surface area contributed by atoms with Gasteiger partial charge in [0.1, 0.15) is 16.5 Å². The van der Waals surface area contributed by atoms with E-state index < -0.39 is 32.5 Å². The average Bonchev–Trinajstić information content (AvgIpc) is 3.44. The molecule has 0 saturated carbocycles. The number of morpholine rings is 1. The summed E-state index contributed by atoms with van der Waals surface area (Å²) in [6, 6.07) is 15.4. The summed E-state index contributed by atoms with van der Waals surface area (Å²) in [5.74, 6) is -0.369. The van der Waals surface area contributed by atoms with E-state index in [2.05, 4.69) is 5.32 Å². The molecule has 1 saturated heterocycles. The first kappa shape index (κ1) is 26.1. The van der Waals surface area contributed by atoms with E-state index in [9.17, 15) is 21.6 Å². The summed E-state index contributed by atoms with van der Waals surface area (Å²) in [6.07, 6.45) is 0. The van der Waals surface area contributed by atoms with Crippen molar-refractivity contribution < 1.29 is 31.1 Å². The number of hydrogen-bond donors (Lipinski definition) is 1. The van der Waals surface area contributed by atoms with E-state index in [1.807, 2.05) is 0 Å². The molecular weight excluding hydrogens is 526 g/mol. The third-order valence-electron chi connectivity index (χ3n) is 5.41. The lowest BCUT2D eigenvalue weighted by molar-refractivity contribution is -0.114. The molecule has 0 radical (unpaired) electrons. The van der Waals surface area contributed by atoms with Crippen LogP contribution in [0, 0.1) is 0 Å². The van der Waals surface area contributed by atoms with E-state index in [0.717, 1.165) is 15.6 Å². The molecule has 1 amide bonds. The normalized spacial score (nSPS) is 14.8. The van der Waals surface area contributed by atoms with Gasteiger partial charge in [-0.05, 0) is 41.8 Å². The lowest BCUT2D eigenvalue weighted by Gasteiger charge is -2.26. The number of carbonyl (C=O) groups is 1. The monoisotopic (exact) mass is 551 g/mol. The van der Waals surface area contributed by atoms with Crippen LogP contribution >= 0.6 is 11.3 Å². The largest absolute Gasteiger partial charge is 0.495 e. The van der Waals surface area contributed by atoms with Crippen LogP contribution < -0.4 is 14.4 Å². The molecule has 1 aliphatic rings. The number of nitrogens with zero attached hydrogens (tertiary/aromatic N) is 2. The van der Waals surface area contributed by atoms with Gasteiger partial charge in [0.2, 0.25) is 15.9 Å². The molecule has 0 unspecified atom stereocenters. The zero-order valence-electron chi connectivity index (χ0n) is 19.4. The van der Waals surface area contributed by atoms with Gasteiger partial charge in [0, 0.05) is 18.8 Å². The highest BCUT2D eigenvalue weighted by Gasteiger charge is 2.31. The van der Waals surface area contributed by atoms with Gasteiger partial charge >= 0.3 is 0 Å². The maximum atomic E-state index is 13.4. The number of sulfonamides is 2. The Bertz CT molecular complexity index is 1420. The molecule has 0 atom stereocenters. The van der Waals surface area contributed by atoms with Crippen LogP contribution in [0.3, 0.4) is 0 Å². The molecule has 0 aliphatic carbocycles. The van der Waals surface area contributed by atoms with Crippen LogP contribution in [0.1, 0.15) is 0 Å². The van der Waals surface area contributed by atoms with Crippen LogP contribution in [0.4, 0.5) is 11.4 Å². The van der Waals surface area contributed by atoms with Crippen LogP contribution in [0.2, 0.25) is 0 Å². The van der Waals surface area contributed by atoms with E-state index in [-0.39, 0.29) is 39.3 Å². The van der Waals surface area contributed by atoms with Crippen molar-refractivity contribution in [3.05, 3.63) is 66.0 Å². The molecule has 0 bridgehead atoms. The zero-order chi connectivity index (χ0) is 25.8. The second kappa shape index (κ2) is 11.0. The Morgan fingerprint density at radius 3 is 2.50 bits per heavy atom. The fourth-order valence-electron chi connectivity index (χ4n) is 3.66. The van der Waals surface area contributed by atoms with Crippen molar-refractivity contribution in [2.24, 2.45) is 0 Å². The second-order valence-electron chi connectivity index (χ2n) is 7.71. The minimum absolute atomic E-state index is 0.0231. The Balaban J connectivity index is 1.60. The molecule has 36 heavy (non-hydrogen) atoms. The van der Waals surface area contributed by atoms with Crippen molar-refractivity contribution in [1.29, 1.82) is 0 Å². The molecule has 2 heterocycles. The first-order valence-electron chi connectivity index (χ1n) is 10.9. The number of benzene rings is 2. The fraction of sp³-hybridized carbons (Fsp3) is 0.261. The molecule has 1 N–H and O–H groups in total. The van der Waals surface area contributed by atoms with Gasteiger partial charge in [-0.2, -0.15) is 4.31 Å². The Hall–Kier alpha value is -2.97. The van der Waals surface area contributed by atoms with E-state index >= 15 is 0 Å². The third kappa shape index (κ3) is 5.55. The number of methoxy groups -OCH3 is 1. The topological polar surface area (TPSA) is 122 Å². The number of carbonyl (C=O) groups excluding carboxylic acids is 1. The summed E-state index contributed by atoms with van der Waals surface area (Å²) >= 11 is 1.03. The molecular formula is C23H25N3O7S3. The number of nitrogens with one attached hydrogen (secondary N) is 1. The molecule has 3 aromatic rings. The van der Waals surface area contributed by atoms with Gasteiger partial charge in [-0.15, -0.1) is 11.3 Å². The Kier molecular flexibility index (Phi) is 7.95.